The quantitative estimate of drug-likeness (QED) is 0.463. The van der Waals surface area contributed by atoms with Crippen molar-refractivity contribution in [1.82, 2.24) is 0 Å². The van der Waals surface area contributed by atoms with Crippen LogP contribution in [0.4, 0.5) is 0 Å². The molecule has 0 aromatic rings. The average molecular weight is 314 g/mol. The zero-order chi connectivity index (χ0) is 14.7. The SMILES string of the molecule is CCC1CC[C@@H](CC)P1C(C)P1[C@H](CC)CC[C@H]1CC. The fraction of sp³-hybridized carbons (Fsp3) is 1.00. The Morgan fingerprint density at radius 1 is 0.650 bits per heavy atom. The van der Waals surface area contributed by atoms with Crippen molar-refractivity contribution in [2.45, 2.75) is 114 Å². The molecule has 2 fully saturated rings. The van der Waals surface area contributed by atoms with E-state index in [1.807, 2.05) is 0 Å². The molecule has 0 spiro atoms. The van der Waals surface area contributed by atoms with E-state index >= 15 is 0 Å². The molecule has 2 heterocycles. The third-order valence-corrected chi connectivity index (χ3v) is 15.3. The van der Waals surface area contributed by atoms with Gasteiger partial charge in [-0.25, -0.2) is 0 Å². The molecule has 0 aromatic heterocycles. The lowest BCUT2D eigenvalue weighted by Crippen LogP contribution is -2.18. The topological polar surface area (TPSA) is 0 Å². The molecule has 0 aromatic carbocycles. The normalized spacial score (nSPS) is 40.4. The van der Waals surface area contributed by atoms with Gasteiger partial charge in [-0.15, -0.1) is 0 Å². The molecule has 2 aliphatic heterocycles. The summed E-state index contributed by atoms with van der Waals surface area (Å²) < 4.78 is 0. The van der Waals surface area contributed by atoms with Crippen LogP contribution >= 0.6 is 15.8 Å². The predicted molar refractivity (Wildman–Crippen MR) is 98.1 cm³/mol. The molecule has 0 bridgehead atoms. The minimum absolute atomic E-state index is 0.320. The maximum absolute atomic E-state index is 2.70. The first-order valence-electron chi connectivity index (χ1n) is 9.22. The van der Waals surface area contributed by atoms with E-state index in [2.05, 4.69) is 34.6 Å². The predicted octanol–water partition coefficient (Wildman–Crippen LogP) is 7.00. The summed E-state index contributed by atoms with van der Waals surface area (Å²) in [6.45, 7) is 12.5. The van der Waals surface area contributed by atoms with Crippen molar-refractivity contribution in [3.8, 4) is 0 Å². The second-order valence-electron chi connectivity index (χ2n) is 6.93. The fourth-order valence-electron chi connectivity index (χ4n) is 5.00. The highest BCUT2D eigenvalue weighted by atomic mass is 31.2. The van der Waals surface area contributed by atoms with Gasteiger partial charge in [0.1, 0.15) is 0 Å². The monoisotopic (exact) mass is 314 g/mol. The van der Waals surface area contributed by atoms with Crippen LogP contribution in [0, 0.1) is 0 Å². The minimum Gasteiger partial charge on any atom is -0.0930 e. The highest BCUT2D eigenvalue weighted by Gasteiger charge is 2.45. The van der Waals surface area contributed by atoms with Crippen LogP contribution in [0.1, 0.15) is 86.0 Å². The first-order chi connectivity index (χ1) is 9.67. The maximum Gasteiger partial charge on any atom is -0.00242 e. The lowest BCUT2D eigenvalue weighted by molar-refractivity contribution is 0.696. The fourth-order valence-corrected chi connectivity index (χ4v) is 15.6. The summed E-state index contributed by atoms with van der Waals surface area (Å²) in [4.78, 5) is 0. The van der Waals surface area contributed by atoms with E-state index < -0.39 is 0 Å². The Balaban J connectivity index is 2.16. The molecule has 118 valence electrons. The summed E-state index contributed by atoms with van der Waals surface area (Å²) in [6.07, 6.45) is 12.1. The van der Waals surface area contributed by atoms with Gasteiger partial charge in [-0.05, 0) is 79.4 Å². The van der Waals surface area contributed by atoms with Crippen molar-refractivity contribution in [3.05, 3.63) is 0 Å². The van der Waals surface area contributed by atoms with Crippen LogP contribution in [0.3, 0.4) is 0 Å². The van der Waals surface area contributed by atoms with E-state index in [4.69, 9.17) is 0 Å². The first kappa shape index (κ1) is 17.2. The van der Waals surface area contributed by atoms with Crippen molar-refractivity contribution < 1.29 is 0 Å². The molecule has 2 heteroatoms. The van der Waals surface area contributed by atoms with Gasteiger partial charge in [-0.3, -0.25) is 0 Å². The zero-order valence-corrected chi connectivity index (χ0v) is 16.2. The van der Waals surface area contributed by atoms with Crippen LogP contribution < -0.4 is 0 Å². The van der Waals surface area contributed by atoms with Crippen LogP contribution in [0.15, 0.2) is 0 Å². The van der Waals surface area contributed by atoms with Gasteiger partial charge in [0, 0.05) is 0 Å². The van der Waals surface area contributed by atoms with Gasteiger partial charge in [0.05, 0.1) is 0 Å². The molecule has 2 rings (SSSR count). The number of hydrogen-bond donors (Lipinski definition) is 0. The Morgan fingerprint density at radius 2 is 0.900 bits per heavy atom. The van der Waals surface area contributed by atoms with Gasteiger partial charge in [0.15, 0.2) is 0 Å². The molecule has 0 aliphatic carbocycles. The Bertz CT molecular complexity index is 239. The van der Waals surface area contributed by atoms with E-state index in [9.17, 15) is 0 Å². The van der Waals surface area contributed by atoms with Gasteiger partial charge >= 0.3 is 0 Å². The van der Waals surface area contributed by atoms with Crippen LogP contribution in [0.5, 0.6) is 0 Å². The average Bonchev–Trinajstić information content (AvgIpc) is 3.08. The lowest BCUT2D eigenvalue weighted by Gasteiger charge is -2.39. The maximum atomic E-state index is 2.70. The Kier molecular flexibility index (Phi) is 6.82. The molecule has 20 heavy (non-hydrogen) atoms. The van der Waals surface area contributed by atoms with Gasteiger partial charge in [-0.1, -0.05) is 50.5 Å². The largest absolute Gasteiger partial charge is 0.0930 e. The molecule has 0 N–H and O–H groups in total. The molecule has 2 aliphatic rings. The Hall–Kier alpha value is 0.860. The molecule has 0 nitrogen and oxygen atoms in total. The van der Waals surface area contributed by atoms with Crippen molar-refractivity contribution >= 4 is 15.8 Å². The van der Waals surface area contributed by atoms with E-state index in [0.717, 1.165) is 28.0 Å². The summed E-state index contributed by atoms with van der Waals surface area (Å²) in [5, 5.41) is 1.11. The van der Waals surface area contributed by atoms with E-state index in [1.165, 1.54) is 25.7 Å². The summed E-state index contributed by atoms with van der Waals surface area (Å²) in [6, 6.07) is 0. The number of hydrogen-bond acceptors (Lipinski definition) is 0. The molecule has 0 amide bonds. The second kappa shape index (κ2) is 7.92. The smallest absolute Gasteiger partial charge is 0.00242 e. The summed E-state index contributed by atoms with van der Waals surface area (Å²) in [5.41, 5.74) is 4.46. The van der Waals surface area contributed by atoms with Crippen LogP contribution in [-0.2, 0) is 0 Å². The van der Waals surface area contributed by atoms with Gasteiger partial charge in [0.25, 0.3) is 0 Å². The molecule has 6 atom stereocenters. The summed E-state index contributed by atoms with van der Waals surface area (Å²) >= 11 is 0. The summed E-state index contributed by atoms with van der Waals surface area (Å²) in [5.74, 6) is 0. The van der Waals surface area contributed by atoms with Crippen molar-refractivity contribution in [1.29, 1.82) is 0 Å². The molecule has 3 unspecified atom stereocenters. The van der Waals surface area contributed by atoms with Crippen molar-refractivity contribution in [2.75, 3.05) is 0 Å². The van der Waals surface area contributed by atoms with Crippen molar-refractivity contribution in [3.63, 3.8) is 0 Å². The third-order valence-electron chi connectivity index (χ3n) is 6.10. The van der Waals surface area contributed by atoms with E-state index in [0.29, 0.717) is 15.8 Å². The molecular weight excluding hydrogens is 278 g/mol. The van der Waals surface area contributed by atoms with Crippen LogP contribution in [0.25, 0.3) is 0 Å². The zero-order valence-electron chi connectivity index (χ0n) is 14.4. The van der Waals surface area contributed by atoms with E-state index in [-0.39, 0.29) is 0 Å². The summed E-state index contributed by atoms with van der Waals surface area (Å²) in [7, 11) is 0.639. The highest BCUT2D eigenvalue weighted by molar-refractivity contribution is 7.77. The Labute approximate surface area is 130 Å². The van der Waals surface area contributed by atoms with E-state index in [1.54, 1.807) is 25.7 Å². The second-order valence-corrected chi connectivity index (χ2v) is 13.6. The van der Waals surface area contributed by atoms with Gasteiger partial charge in [0.2, 0.25) is 0 Å². The molecule has 0 radical (unpaired) electrons. The number of rotatable bonds is 6. The Morgan fingerprint density at radius 3 is 1.10 bits per heavy atom. The third kappa shape index (κ3) is 3.27. The standard InChI is InChI=1S/C18H36P2/c1-6-15-10-11-16(7-2)19(15)14(5)20-17(8-3)12-13-18(20)9-4/h14-18H,6-13H2,1-5H3/t14?,15-,16-,17-,18?,20?/m1/s1. The first-order valence-corrected chi connectivity index (χ1v) is 12.3. The molecule has 0 saturated carbocycles. The van der Waals surface area contributed by atoms with Gasteiger partial charge in [-0.2, -0.15) is 0 Å². The molecular formula is C18H36P2. The lowest BCUT2D eigenvalue weighted by atomic mass is 10.1. The van der Waals surface area contributed by atoms with Crippen LogP contribution in [-0.4, -0.2) is 28.0 Å². The minimum atomic E-state index is 0.320. The van der Waals surface area contributed by atoms with Gasteiger partial charge < -0.3 is 0 Å². The molecule has 2 saturated heterocycles. The van der Waals surface area contributed by atoms with Crippen LogP contribution in [0.2, 0.25) is 0 Å². The highest BCUT2D eigenvalue weighted by Crippen LogP contribution is 2.74. The van der Waals surface area contributed by atoms with Crippen molar-refractivity contribution in [2.24, 2.45) is 0 Å².